The standard InChI is InChI=1S/C5H6N4O6S/c1-14-4-6-8(3(10)7-16(12)13)5(11)9(4)15-2/h1-2H3. The number of aromatic nitrogens is 3. The molecule has 16 heavy (non-hydrogen) atoms. The first kappa shape index (κ1) is 11.9. The average molecular weight is 250 g/mol. The number of ether oxygens (including phenoxy) is 1. The lowest BCUT2D eigenvalue weighted by atomic mass is 11.0. The fraction of sp³-hybridized carbons (Fsp3) is 0.400. The monoisotopic (exact) mass is 250 g/mol. The van der Waals surface area contributed by atoms with E-state index in [1.165, 1.54) is 7.11 Å². The van der Waals surface area contributed by atoms with Crippen LogP contribution >= 0.6 is 0 Å². The third kappa shape index (κ3) is 2.08. The molecular formula is C5H6N4O6S. The number of rotatable bonds is 2. The highest BCUT2D eigenvalue weighted by Gasteiger charge is 2.19. The largest absolute Gasteiger partial charge is 0.465 e. The SMILES string of the molecule is COc1nn(C(=O)N=S(=O)=O)c(=O)n1OC. The molecule has 0 aliphatic carbocycles. The van der Waals surface area contributed by atoms with Gasteiger partial charge in [0, 0.05) is 0 Å². The predicted octanol–water partition coefficient (Wildman–Crippen LogP) is -1.86. The van der Waals surface area contributed by atoms with Crippen molar-refractivity contribution in [3.05, 3.63) is 10.5 Å². The van der Waals surface area contributed by atoms with Gasteiger partial charge in [0.05, 0.1) is 7.11 Å². The Morgan fingerprint density at radius 2 is 2.06 bits per heavy atom. The Hall–Kier alpha value is -2.17. The molecule has 0 spiro atoms. The van der Waals surface area contributed by atoms with Crippen molar-refractivity contribution in [1.29, 1.82) is 0 Å². The summed E-state index contributed by atoms with van der Waals surface area (Å²) < 4.78 is 28.2. The van der Waals surface area contributed by atoms with E-state index in [0.29, 0.717) is 4.73 Å². The van der Waals surface area contributed by atoms with E-state index in [0.717, 1.165) is 7.11 Å². The van der Waals surface area contributed by atoms with Crippen LogP contribution in [0.4, 0.5) is 4.79 Å². The number of hydrogen-bond donors (Lipinski definition) is 0. The molecule has 88 valence electrons. The van der Waals surface area contributed by atoms with Crippen LogP contribution in [0.2, 0.25) is 0 Å². The van der Waals surface area contributed by atoms with Crippen molar-refractivity contribution in [2.45, 2.75) is 0 Å². The second-order valence-electron chi connectivity index (χ2n) is 2.25. The van der Waals surface area contributed by atoms with Crippen LogP contribution < -0.4 is 15.3 Å². The number of hydrogen-bond acceptors (Lipinski definition) is 7. The van der Waals surface area contributed by atoms with Crippen molar-refractivity contribution in [1.82, 2.24) is 14.5 Å². The van der Waals surface area contributed by atoms with Crippen molar-refractivity contribution in [3.63, 3.8) is 0 Å². The maximum atomic E-state index is 11.4. The van der Waals surface area contributed by atoms with Gasteiger partial charge in [0.25, 0.3) is 0 Å². The normalized spacial score (nSPS) is 9.62. The molecule has 0 N–H and O–H groups in total. The van der Waals surface area contributed by atoms with Gasteiger partial charge in [-0.25, -0.2) is 9.59 Å². The molecule has 1 aromatic heterocycles. The fourth-order valence-corrected chi connectivity index (χ4v) is 1.05. The smallest absolute Gasteiger partial charge is 0.391 e. The Morgan fingerprint density at radius 1 is 1.44 bits per heavy atom. The molecular weight excluding hydrogens is 244 g/mol. The molecule has 1 aromatic rings. The highest BCUT2D eigenvalue weighted by Crippen LogP contribution is 1.99. The Labute approximate surface area is 89.7 Å². The third-order valence-corrected chi connectivity index (χ3v) is 1.72. The van der Waals surface area contributed by atoms with Gasteiger partial charge in [0.15, 0.2) is 0 Å². The molecule has 0 aliphatic rings. The molecule has 1 rings (SSSR count). The van der Waals surface area contributed by atoms with E-state index in [4.69, 9.17) is 0 Å². The Balaban J connectivity index is 3.37. The first-order chi connectivity index (χ1) is 7.51. The van der Waals surface area contributed by atoms with E-state index in [-0.39, 0.29) is 10.7 Å². The minimum Gasteiger partial charge on any atom is -0.465 e. The van der Waals surface area contributed by atoms with Gasteiger partial charge in [0.2, 0.25) is 0 Å². The Morgan fingerprint density at radius 3 is 2.44 bits per heavy atom. The molecule has 0 radical (unpaired) electrons. The summed E-state index contributed by atoms with van der Waals surface area (Å²) in [5.41, 5.74) is -1.03. The van der Waals surface area contributed by atoms with E-state index < -0.39 is 22.2 Å². The van der Waals surface area contributed by atoms with Gasteiger partial charge in [-0.2, -0.15) is 8.42 Å². The summed E-state index contributed by atoms with van der Waals surface area (Å²) in [6.07, 6.45) is 0. The second-order valence-corrected chi connectivity index (χ2v) is 2.87. The number of amides is 1. The van der Waals surface area contributed by atoms with Crippen LogP contribution in [0.25, 0.3) is 0 Å². The van der Waals surface area contributed by atoms with Gasteiger partial charge in [-0.05, 0) is 0 Å². The zero-order chi connectivity index (χ0) is 12.3. The molecule has 10 nitrogen and oxygen atoms in total. The van der Waals surface area contributed by atoms with Gasteiger partial charge < -0.3 is 9.57 Å². The van der Waals surface area contributed by atoms with E-state index >= 15 is 0 Å². The molecule has 0 bridgehead atoms. The van der Waals surface area contributed by atoms with Crippen molar-refractivity contribution in [3.8, 4) is 6.01 Å². The molecule has 0 saturated carbocycles. The first-order valence-corrected chi connectivity index (χ1v) is 4.70. The molecule has 0 aromatic carbocycles. The van der Waals surface area contributed by atoms with Crippen LogP contribution in [0, 0.1) is 0 Å². The van der Waals surface area contributed by atoms with E-state index in [9.17, 15) is 18.0 Å². The number of carbonyl (C=O) groups is 1. The summed E-state index contributed by atoms with van der Waals surface area (Å²) in [6.45, 7) is 0. The quantitative estimate of drug-likeness (QED) is 0.603. The fourth-order valence-electron chi connectivity index (χ4n) is 0.844. The highest BCUT2D eigenvalue weighted by molar-refractivity contribution is 7.62. The van der Waals surface area contributed by atoms with Gasteiger partial charge in [0.1, 0.15) is 7.11 Å². The molecule has 1 heterocycles. The average Bonchev–Trinajstić information content (AvgIpc) is 2.53. The van der Waals surface area contributed by atoms with Crippen LogP contribution in [0.1, 0.15) is 0 Å². The number of methoxy groups -OCH3 is 1. The molecule has 0 aliphatic heterocycles. The molecule has 11 heteroatoms. The summed E-state index contributed by atoms with van der Waals surface area (Å²) in [5, 5.41) is 3.36. The lowest BCUT2D eigenvalue weighted by molar-refractivity contribution is 0.128. The zero-order valence-corrected chi connectivity index (χ0v) is 8.96. The van der Waals surface area contributed by atoms with Crippen molar-refractivity contribution in [2.24, 2.45) is 4.36 Å². The van der Waals surface area contributed by atoms with Crippen molar-refractivity contribution in [2.75, 3.05) is 14.2 Å². The van der Waals surface area contributed by atoms with Crippen LogP contribution in [0.5, 0.6) is 6.01 Å². The Bertz CT molecular complexity index is 587. The number of carbonyl (C=O) groups excluding carboxylic acids is 1. The van der Waals surface area contributed by atoms with E-state index in [1.807, 2.05) is 0 Å². The molecule has 0 unspecified atom stereocenters. The maximum Gasteiger partial charge on any atom is 0.391 e. The zero-order valence-electron chi connectivity index (χ0n) is 8.15. The molecule has 1 amide bonds. The van der Waals surface area contributed by atoms with Crippen molar-refractivity contribution >= 4 is 16.5 Å². The lowest BCUT2D eigenvalue weighted by Crippen LogP contribution is -2.30. The second kappa shape index (κ2) is 4.57. The van der Waals surface area contributed by atoms with Gasteiger partial charge in [-0.15, -0.1) is 9.78 Å². The molecule has 0 atom stereocenters. The summed E-state index contributed by atoms with van der Waals surface area (Å²) in [4.78, 5) is 27.0. The molecule has 0 fully saturated rings. The van der Waals surface area contributed by atoms with Crippen molar-refractivity contribution < 1.29 is 22.8 Å². The minimum absolute atomic E-state index is 0.193. The van der Waals surface area contributed by atoms with Crippen LogP contribution in [-0.2, 0) is 10.5 Å². The van der Waals surface area contributed by atoms with Crippen LogP contribution in [0.15, 0.2) is 9.16 Å². The van der Waals surface area contributed by atoms with Gasteiger partial charge in [-0.3, -0.25) is 0 Å². The lowest BCUT2D eigenvalue weighted by Gasteiger charge is -1.98. The van der Waals surface area contributed by atoms with Gasteiger partial charge in [-0.1, -0.05) is 9.09 Å². The summed E-state index contributed by atoms with van der Waals surface area (Å²) in [7, 11) is -0.639. The predicted molar refractivity (Wildman–Crippen MR) is 47.7 cm³/mol. The summed E-state index contributed by atoms with van der Waals surface area (Å²) >= 11 is 0. The number of nitrogens with zero attached hydrogens (tertiary/aromatic N) is 4. The summed E-state index contributed by atoms with van der Waals surface area (Å²) in [5.74, 6) is 0. The summed E-state index contributed by atoms with van der Waals surface area (Å²) in [6, 6.07) is -1.68. The topological polar surface area (TPSA) is 122 Å². The Kier molecular flexibility index (Phi) is 3.40. The first-order valence-electron chi connectivity index (χ1n) is 3.67. The van der Waals surface area contributed by atoms with Crippen LogP contribution in [0.3, 0.4) is 0 Å². The maximum absolute atomic E-state index is 11.4. The molecule has 0 saturated heterocycles. The van der Waals surface area contributed by atoms with Crippen LogP contribution in [-0.4, -0.2) is 43.2 Å². The van der Waals surface area contributed by atoms with E-state index in [2.05, 4.69) is 19.0 Å². The van der Waals surface area contributed by atoms with E-state index in [1.54, 1.807) is 0 Å². The minimum atomic E-state index is -2.97. The third-order valence-electron chi connectivity index (χ3n) is 1.41. The highest BCUT2D eigenvalue weighted by atomic mass is 32.2. The van der Waals surface area contributed by atoms with Gasteiger partial charge >= 0.3 is 28.2 Å².